The van der Waals surface area contributed by atoms with Crippen LogP contribution < -0.4 is 10.9 Å². The summed E-state index contributed by atoms with van der Waals surface area (Å²) >= 11 is 0. The molecule has 6 heteroatoms. The first-order valence-electron chi connectivity index (χ1n) is 8.80. The van der Waals surface area contributed by atoms with Gasteiger partial charge in [0, 0.05) is 29.5 Å². The SMILES string of the molecule is Cc1nn(-c2cccc(C(=O)NCC(C)(C)CO)c2)c(=O)c2ccccc12. The van der Waals surface area contributed by atoms with Gasteiger partial charge in [-0.15, -0.1) is 0 Å². The van der Waals surface area contributed by atoms with Crippen LogP contribution in [-0.4, -0.2) is 33.9 Å². The van der Waals surface area contributed by atoms with Gasteiger partial charge in [-0.05, 0) is 31.2 Å². The van der Waals surface area contributed by atoms with Crippen molar-refractivity contribution in [3.63, 3.8) is 0 Å². The number of aliphatic hydroxyl groups is 1. The number of nitrogens with one attached hydrogen (secondary N) is 1. The summed E-state index contributed by atoms with van der Waals surface area (Å²) in [5.41, 5.74) is 1.07. The Labute approximate surface area is 157 Å². The van der Waals surface area contributed by atoms with Crippen molar-refractivity contribution in [3.8, 4) is 5.69 Å². The summed E-state index contributed by atoms with van der Waals surface area (Å²) in [6.07, 6.45) is 0. The minimum atomic E-state index is -0.402. The molecule has 0 saturated carbocycles. The minimum absolute atomic E-state index is 0.0248. The molecule has 1 aromatic heterocycles. The molecule has 0 fully saturated rings. The fourth-order valence-electron chi connectivity index (χ4n) is 2.78. The third-order valence-electron chi connectivity index (χ3n) is 4.50. The summed E-state index contributed by atoms with van der Waals surface area (Å²) in [5.74, 6) is -0.260. The maximum Gasteiger partial charge on any atom is 0.279 e. The molecule has 3 aromatic rings. The average Bonchev–Trinajstić information content (AvgIpc) is 2.69. The number of rotatable bonds is 5. The lowest BCUT2D eigenvalue weighted by molar-refractivity contribution is 0.0911. The van der Waals surface area contributed by atoms with Crippen LogP contribution in [0.15, 0.2) is 53.3 Å². The average molecular weight is 365 g/mol. The summed E-state index contributed by atoms with van der Waals surface area (Å²) in [5, 5.41) is 17.9. The first-order chi connectivity index (χ1) is 12.8. The molecule has 0 unspecified atom stereocenters. The summed E-state index contributed by atoms with van der Waals surface area (Å²) in [4.78, 5) is 25.3. The van der Waals surface area contributed by atoms with Gasteiger partial charge >= 0.3 is 0 Å². The Morgan fingerprint density at radius 1 is 1.15 bits per heavy atom. The van der Waals surface area contributed by atoms with E-state index >= 15 is 0 Å². The fourth-order valence-corrected chi connectivity index (χ4v) is 2.78. The Hall–Kier alpha value is -2.99. The molecule has 1 heterocycles. The van der Waals surface area contributed by atoms with Crippen LogP contribution in [0.2, 0.25) is 0 Å². The molecule has 0 atom stereocenters. The van der Waals surface area contributed by atoms with Gasteiger partial charge in [-0.25, -0.2) is 0 Å². The van der Waals surface area contributed by atoms with Gasteiger partial charge in [-0.3, -0.25) is 9.59 Å². The number of aliphatic hydroxyl groups excluding tert-OH is 1. The van der Waals surface area contributed by atoms with E-state index in [1.54, 1.807) is 30.3 Å². The van der Waals surface area contributed by atoms with E-state index in [4.69, 9.17) is 0 Å². The lowest BCUT2D eigenvalue weighted by atomic mass is 9.95. The second kappa shape index (κ2) is 7.32. The van der Waals surface area contributed by atoms with Crippen LogP contribution in [0.1, 0.15) is 29.9 Å². The number of amides is 1. The normalized spacial score (nSPS) is 11.6. The molecule has 0 radical (unpaired) electrons. The number of fused-ring (bicyclic) bond motifs is 1. The standard InChI is InChI=1S/C21H23N3O3/c1-14-17-9-4-5-10-18(17)20(27)24(23-14)16-8-6-7-15(11-16)19(26)22-12-21(2,3)13-25/h4-11,25H,12-13H2,1-3H3,(H,22,26). The number of aryl methyl sites for hydroxylation is 1. The van der Waals surface area contributed by atoms with Gasteiger partial charge in [0.05, 0.1) is 16.8 Å². The third kappa shape index (κ3) is 3.90. The van der Waals surface area contributed by atoms with Crippen molar-refractivity contribution in [2.75, 3.05) is 13.2 Å². The molecule has 27 heavy (non-hydrogen) atoms. The van der Waals surface area contributed by atoms with Gasteiger partial charge < -0.3 is 10.4 Å². The van der Waals surface area contributed by atoms with Crippen LogP contribution in [0.3, 0.4) is 0 Å². The molecule has 0 saturated heterocycles. The molecule has 0 aliphatic heterocycles. The lowest BCUT2D eigenvalue weighted by Gasteiger charge is -2.21. The summed E-state index contributed by atoms with van der Waals surface area (Å²) < 4.78 is 1.33. The van der Waals surface area contributed by atoms with Crippen molar-refractivity contribution in [2.45, 2.75) is 20.8 Å². The highest BCUT2D eigenvalue weighted by Gasteiger charge is 2.18. The van der Waals surface area contributed by atoms with E-state index in [1.165, 1.54) is 4.68 Å². The number of aromatic nitrogens is 2. The largest absolute Gasteiger partial charge is 0.396 e. The Bertz CT molecular complexity index is 1050. The molecule has 2 aromatic carbocycles. The quantitative estimate of drug-likeness (QED) is 0.727. The van der Waals surface area contributed by atoms with Gasteiger partial charge in [-0.2, -0.15) is 9.78 Å². The van der Waals surface area contributed by atoms with Crippen molar-refractivity contribution < 1.29 is 9.90 Å². The third-order valence-corrected chi connectivity index (χ3v) is 4.50. The second-order valence-corrected chi connectivity index (χ2v) is 7.40. The van der Waals surface area contributed by atoms with Crippen LogP contribution in [0.5, 0.6) is 0 Å². The van der Waals surface area contributed by atoms with E-state index in [0.29, 0.717) is 23.2 Å². The monoisotopic (exact) mass is 365 g/mol. The highest BCUT2D eigenvalue weighted by Crippen LogP contribution is 2.16. The highest BCUT2D eigenvalue weighted by molar-refractivity contribution is 5.94. The molecule has 6 nitrogen and oxygen atoms in total. The van der Waals surface area contributed by atoms with Crippen LogP contribution in [-0.2, 0) is 0 Å². The van der Waals surface area contributed by atoms with E-state index < -0.39 is 5.41 Å². The van der Waals surface area contributed by atoms with Crippen molar-refractivity contribution >= 4 is 16.7 Å². The van der Waals surface area contributed by atoms with Crippen LogP contribution >= 0.6 is 0 Å². The maximum absolute atomic E-state index is 12.8. The van der Waals surface area contributed by atoms with Crippen LogP contribution in [0, 0.1) is 12.3 Å². The summed E-state index contributed by atoms with van der Waals surface area (Å²) in [6, 6.07) is 14.1. The molecule has 0 bridgehead atoms. The van der Waals surface area contributed by atoms with Gasteiger partial charge in [0.2, 0.25) is 0 Å². The molecule has 1 amide bonds. The molecule has 0 aliphatic carbocycles. The molecule has 3 rings (SSSR count). The Kier molecular flexibility index (Phi) is 5.10. The number of benzene rings is 2. The number of nitrogens with zero attached hydrogens (tertiary/aromatic N) is 2. The number of hydrogen-bond donors (Lipinski definition) is 2. The topological polar surface area (TPSA) is 84.2 Å². The zero-order valence-electron chi connectivity index (χ0n) is 15.7. The number of hydrogen-bond acceptors (Lipinski definition) is 4. The van der Waals surface area contributed by atoms with Crippen molar-refractivity contribution in [1.29, 1.82) is 0 Å². The Balaban J connectivity index is 1.97. The van der Waals surface area contributed by atoms with Crippen LogP contribution in [0.4, 0.5) is 0 Å². The predicted molar refractivity (Wildman–Crippen MR) is 105 cm³/mol. The summed E-state index contributed by atoms with van der Waals surface area (Å²) in [7, 11) is 0. The lowest BCUT2D eigenvalue weighted by Crippen LogP contribution is -2.36. The van der Waals surface area contributed by atoms with E-state index in [-0.39, 0.29) is 18.1 Å². The first-order valence-corrected chi connectivity index (χ1v) is 8.80. The van der Waals surface area contributed by atoms with E-state index in [2.05, 4.69) is 10.4 Å². The van der Waals surface area contributed by atoms with E-state index in [0.717, 1.165) is 11.1 Å². The molecule has 140 valence electrons. The van der Waals surface area contributed by atoms with Crippen molar-refractivity contribution in [1.82, 2.24) is 15.1 Å². The van der Waals surface area contributed by atoms with Crippen molar-refractivity contribution in [2.24, 2.45) is 5.41 Å². The Morgan fingerprint density at radius 3 is 2.56 bits per heavy atom. The number of carbonyl (C=O) groups excluding carboxylic acids is 1. The predicted octanol–water partition coefficient (Wildman–Crippen LogP) is 2.44. The van der Waals surface area contributed by atoms with Gasteiger partial charge in [0.15, 0.2) is 0 Å². The van der Waals surface area contributed by atoms with E-state index in [1.807, 2.05) is 39.0 Å². The van der Waals surface area contributed by atoms with Gasteiger partial charge in [0.1, 0.15) is 0 Å². The molecule has 2 N–H and O–H groups in total. The molecular weight excluding hydrogens is 342 g/mol. The zero-order valence-corrected chi connectivity index (χ0v) is 15.7. The molecular formula is C21H23N3O3. The Morgan fingerprint density at radius 2 is 1.85 bits per heavy atom. The molecule has 0 spiro atoms. The van der Waals surface area contributed by atoms with Gasteiger partial charge in [0.25, 0.3) is 11.5 Å². The van der Waals surface area contributed by atoms with Crippen molar-refractivity contribution in [3.05, 3.63) is 70.1 Å². The first kappa shape index (κ1) is 18.8. The smallest absolute Gasteiger partial charge is 0.279 e. The van der Waals surface area contributed by atoms with E-state index in [9.17, 15) is 14.7 Å². The summed E-state index contributed by atoms with van der Waals surface area (Å²) in [6.45, 7) is 5.91. The second-order valence-electron chi connectivity index (χ2n) is 7.40. The van der Waals surface area contributed by atoms with Gasteiger partial charge in [-0.1, -0.05) is 38.1 Å². The maximum atomic E-state index is 12.8. The van der Waals surface area contributed by atoms with Crippen LogP contribution in [0.25, 0.3) is 16.5 Å². The zero-order chi connectivity index (χ0) is 19.6. The fraction of sp³-hybridized carbons (Fsp3) is 0.286. The number of carbonyl (C=O) groups is 1. The molecule has 0 aliphatic rings. The minimum Gasteiger partial charge on any atom is -0.396 e. The highest BCUT2D eigenvalue weighted by atomic mass is 16.3.